The number of rotatable bonds is 5. The van der Waals surface area contributed by atoms with Crippen molar-refractivity contribution in [1.82, 2.24) is 9.13 Å². The fraction of sp³-hybridized carbons (Fsp3) is 0.0182. The Labute approximate surface area is 374 Å². The van der Waals surface area contributed by atoms with E-state index in [0.717, 1.165) is 49.8 Å². The first kappa shape index (κ1) is 40.2. The molecule has 0 unspecified atom stereocenters. The van der Waals surface area contributed by atoms with Crippen molar-refractivity contribution in [3.05, 3.63) is 208 Å². The van der Waals surface area contributed by atoms with E-state index in [2.05, 4.69) is 26.7 Å². The lowest BCUT2D eigenvalue weighted by Crippen LogP contribution is -2.09. The number of halogens is 3. The molecule has 0 bridgehead atoms. The first-order valence-corrected chi connectivity index (χ1v) is 20.2. The summed E-state index contributed by atoms with van der Waals surface area (Å²) in [5.41, 5.74) is 6.42. The van der Waals surface area contributed by atoms with Gasteiger partial charge in [-0.3, -0.25) is 0 Å². The Bertz CT molecular complexity index is 3950. The minimum absolute atomic E-state index is 0.0131. The average molecular weight is 855 g/mol. The predicted octanol–water partition coefficient (Wildman–Crippen LogP) is 15.2. The van der Waals surface area contributed by atoms with E-state index in [1.807, 2.05) is 100 Å². The van der Waals surface area contributed by atoms with Gasteiger partial charge in [0.25, 0.3) is 0 Å². The standard InChI is InChI=1S/C55H25F3N8/c1-62-39-20-33(30-60)18-37(23-39)35-13-16-51-45(25-35)42-8-4-6-10-49(42)65(51)53-27-44(41-15-12-32(29-59)22-47(41)55(56,57)58)48(64-3)28-54(53)66-50-11-7-5-9-43(50)46-26-36(14-17-52(46)66)38-19-34(31-61)21-40(24-38)63-2/h4-28H. The van der Waals surface area contributed by atoms with E-state index in [-0.39, 0.29) is 22.4 Å². The molecular weight excluding hydrogens is 830 g/mol. The monoisotopic (exact) mass is 854 g/mol. The lowest BCUT2D eigenvalue weighted by atomic mass is 9.95. The third kappa shape index (κ3) is 6.51. The summed E-state index contributed by atoms with van der Waals surface area (Å²) in [6, 6.07) is 49.5. The molecular formula is C55H25F3N8. The molecule has 0 saturated carbocycles. The van der Waals surface area contributed by atoms with Crippen LogP contribution in [0, 0.1) is 53.7 Å². The summed E-state index contributed by atoms with van der Waals surface area (Å²) >= 11 is 0. The van der Waals surface area contributed by atoms with Crippen LogP contribution in [0.3, 0.4) is 0 Å². The number of fused-ring (bicyclic) bond motifs is 6. The maximum atomic E-state index is 15.0. The second kappa shape index (κ2) is 15.5. The van der Waals surface area contributed by atoms with Crippen LogP contribution < -0.4 is 0 Å². The molecule has 8 nitrogen and oxygen atoms in total. The van der Waals surface area contributed by atoms with E-state index in [1.54, 1.807) is 36.4 Å². The molecule has 0 saturated heterocycles. The fourth-order valence-corrected chi connectivity index (χ4v) is 8.95. The lowest BCUT2D eigenvalue weighted by molar-refractivity contribution is -0.137. The van der Waals surface area contributed by atoms with Gasteiger partial charge in [-0.05, 0) is 130 Å². The van der Waals surface area contributed by atoms with Crippen LogP contribution in [0.5, 0.6) is 0 Å². The largest absolute Gasteiger partial charge is 0.417 e. The number of aromatic nitrogens is 2. The number of hydrogen-bond acceptors (Lipinski definition) is 3. The molecule has 0 radical (unpaired) electrons. The lowest BCUT2D eigenvalue weighted by Gasteiger charge is -2.21. The van der Waals surface area contributed by atoms with Crippen LogP contribution in [0.4, 0.5) is 30.2 Å². The van der Waals surface area contributed by atoms with Crippen molar-refractivity contribution in [1.29, 1.82) is 15.8 Å². The summed E-state index contributed by atoms with van der Waals surface area (Å²) < 4.78 is 48.9. The highest BCUT2D eigenvalue weighted by molar-refractivity contribution is 6.13. The zero-order valence-corrected chi connectivity index (χ0v) is 34.1. The molecule has 0 aliphatic heterocycles. The number of alkyl halides is 3. The SMILES string of the molecule is [C-]#[N+]c1cc(C#N)cc(-c2ccc3c(c2)c2ccccc2n3-c2cc([N+]#[C-])c(-c3ccc(C#N)cc3C(F)(F)F)cc2-n2c3ccccc3c3cc(-c4cc(C#N)cc([N+]#[C-])c4)ccc32)c1. The molecule has 0 aliphatic rings. The summed E-state index contributed by atoms with van der Waals surface area (Å²) in [7, 11) is 0. The van der Waals surface area contributed by atoms with Gasteiger partial charge in [-0.1, -0.05) is 54.6 Å². The summed E-state index contributed by atoms with van der Waals surface area (Å²) in [5, 5.41) is 32.4. The average Bonchev–Trinajstić information content (AvgIpc) is 3.87. The highest BCUT2D eigenvalue weighted by atomic mass is 19.4. The predicted molar refractivity (Wildman–Crippen MR) is 249 cm³/mol. The molecule has 306 valence electrons. The molecule has 0 atom stereocenters. The van der Waals surface area contributed by atoms with Crippen molar-refractivity contribution < 1.29 is 13.2 Å². The van der Waals surface area contributed by atoms with Gasteiger partial charge in [-0.25, -0.2) is 14.5 Å². The van der Waals surface area contributed by atoms with Crippen molar-refractivity contribution in [3.8, 4) is 63.0 Å². The van der Waals surface area contributed by atoms with E-state index < -0.39 is 11.7 Å². The second-order valence-corrected chi connectivity index (χ2v) is 15.5. The second-order valence-electron chi connectivity index (χ2n) is 15.5. The number of nitrogens with zero attached hydrogens (tertiary/aromatic N) is 8. The minimum atomic E-state index is -4.87. The highest BCUT2D eigenvalue weighted by Crippen LogP contribution is 2.47. The van der Waals surface area contributed by atoms with Crippen molar-refractivity contribution in [3.63, 3.8) is 0 Å². The van der Waals surface area contributed by atoms with Gasteiger partial charge in [0.05, 0.1) is 82.5 Å². The molecule has 10 aromatic rings. The Kier molecular flexibility index (Phi) is 9.41. The summed E-state index contributed by atoms with van der Waals surface area (Å²) in [6.45, 7) is 23.7. The first-order valence-electron chi connectivity index (χ1n) is 20.2. The minimum Gasteiger partial charge on any atom is -0.308 e. The van der Waals surface area contributed by atoms with Crippen molar-refractivity contribution >= 4 is 60.7 Å². The van der Waals surface area contributed by atoms with E-state index in [0.29, 0.717) is 56.0 Å². The maximum absolute atomic E-state index is 15.0. The van der Waals surface area contributed by atoms with Crippen LogP contribution in [0.1, 0.15) is 22.3 Å². The first-order chi connectivity index (χ1) is 32.0. The number of benzene rings is 8. The fourth-order valence-electron chi connectivity index (χ4n) is 8.95. The van der Waals surface area contributed by atoms with Crippen LogP contribution in [0.25, 0.3) is 103 Å². The number of para-hydroxylation sites is 2. The summed E-state index contributed by atoms with van der Waals surface area (Å²) in [4.78, 5) is 11.0. The Balaban J connectivity index is 1.32. The Morgan fingerprint density at radius 2 is 0.909 bits per heavy atom. The van der Waals surface area contributed by atoms with Gasteiger partial charge in [0.2, 0.25) is 0 Å². The molecule has 66 heavy (non-hydrogen) atoms. The Morgan fingerprint density at radius 1 is 0.424 bits per heavy atom. The molecule has 2 heterocycles. The van der Waals surface area contributed by atoms with E-state index >= 15 is 0 Å². The quantitative estimate of drug-likeness (QED) is 0.161. The summed E-state index contributed by atoms with van der Waals surface area (Å²) in [6.07, 6.45) is -4.87. The zero-order valence-electron chi connectivity index (χ0n) is 34.1. The van der Waals surface area contributed by atoms with Crippen LogP contribution in [0.2, 0.25) is 0 Å². The molecule has 0 aliphatic carbocycles. The smallest absolute Gasteiger partial charge is 0.308 e. The normalized spacial score (nSPS) is 11.2. The number of nitriles is 3. The third-order valence-corrected chi connectivity index (χ3v) is 11.8. The topological polar surface area (TPSA) is 94.3 Å². The third-order valence-electron chi connectivity index (χ3n) is 11.8. The molecule has 8 aromatic carbocycles. The van der Waals surface area contributed by atoms with Gasteiger partial charge in [0, 0.05) is 32.7 Å². The van der Waals surface area contributed by atoms with E-state index in [4.69, 9.17) is 19.7 Å². The van der Waals surface area contributed by atoms with Gasteiger partial charge in [0.15, 0.2) is 17.1 Å². The van der Waals surface area contributed by atoms with Gasteiger partial charge in [-0.15, -0.1) is 0 Å². The van der Waals surface area contributed by atoms with Gasteiger partial charge >= 0.3 is 6.18 Å². The Morgan fingerprint density at radius 3 is 1.38 bits per heavy atom. The molecule has 2 aromatic heterocycles. The van der Waals surface area contributed by atoms with E-state index in [9.17, 15) is 29.0 Å². The molecule has 11 heteroatoms. The van der Waals surface area contributed by atoms with E-state index in [1.165, 1.54) is 24.3 Å². The van der Waals surface area contributed by atoms with Crippen LogP contribution in [0.15, 0.2) is 152 Å². The number of hydrogen-bond donors (Lipinski definition) is 0. The molecule has 0 spiro atoms. The van der Waals surface area contributed by atoms with Crippen LogP contribution in [-0.2, 0) is 6.18 Å². The van der Waals surface area contributed by atoms with Crippen LogP contribution in [-0.4, -0.2) is 9.13 Å². The van der Waals surface area contributed by atoms with Gasteiger partial charge in [-0.2, -0.15) is 29.0 Å². The van der Waals surface area contributed by atoms with Crippen LogP contribution >= 0.6 is 0 Å². The van der Waals surface area contributed by atoms with Crippen molar-refractivity contribution in [2.75, 3.05) is 0 Å². The zero-order chi connectivity index (χ0) is 45.9. The highest BCUT2D eigenvalue weighted by Gasteiger charge is 2.35. The molecule has 10 rings (SSSR count). The molecule has 0 N–H and O–H groups in total. The van der Waals surface area contributed by atoms with Crippen molar-refractivity contribution in [2.45, 2.75) is 6.18 Å². The molecule has 0 amide bonds. The van der Waals surface area contributed by atoms with Gasteiger partial charge < -0.3 is 9.13 Å². The maximum Gasteiger partial charge on any atom is 0.417 e. The van der Waals surface area contributed by atoms with Gasteiger partial charge in [0.1, 0.15) is 0 Å². The molecule has 0 fully saturated rings. The Hall–Kier alpha value is -9.91. The summed E-state index contributed by atoms with van der Waals surface area (Å²) in [5.74, 6) is 0. The van der Waals surface area contributed by atoms with Crippen molar-refractivity contribution in [2.24, 2.45) is 0 Å².